The summed E-state index contributed by atoms with van der Waals surface area (Å²) in [6.45, 7) is -1.46. The second kappa shape index (κ2) is 5.52. The van der Waals surface area contributed by atoms with Crippen LogP contribution in [0.5, 0.6) is 5.75 Å². The zero-order valence-electron chi connectivity index (χ0n) is 8.86. The second-order valence-corrected chi connectivity index (χ2v) is 3.21. The highest BCUT2D eigenvalue weighted by Gasteiger charge is 2.41. The van der Waals surface area contributed by atoms with Gasteiger partial charge in [-0.2, -0.15) is 8.78 Å². The molecule has 0 aliphatic heterocycles. The fourth-order valence-electron chi connectivity index (χ4n) is 0.911. The molecule has 3 N–H and O–H groups in total. The van der Waals surface area contributed by atoms with Gasteiger partial charge < -0.3 is 15.7 Å². The molecule has 0 spiro atoms. The minimum atomic E-state index is -4.23. The number of alkyl halides is 4. The van der Waals surface area contributed by atoms with Crippen molar-refractivity contribution in [3.05, 3.63) is 24.0 Å². The molecule has 1 aromatic rings. The van der Waals surface area contributed by atoms with Gasteiger partial charge in [0.2, 0.25) is 0 Å². The summed E-state index contributed by atoms with van der Waals surface area (Å²) >= 11 is 0. The number of hydrogen-bond acceptors (Lipinski definition) is 4. The first-order chi connectivity index (χ1) is 8.36. The third-order valence-corrected chi connectivity index (χ3v) is 1.86. The van der Waals surface area contributed by atoms with Crippen LogP contribution in [0.2, 0.25) is 0 Å². The molecule has 0 aliphatic carbocycles. The number of amidine groups is 1. The summed E-state index contributed by atoms with van der Waals surface area (Å²) in [4.78, 5) is 3.62. The molecule has 18 heavy (non-hydrogen) atoms. The van der Waals surface area contributed by atoms with E-state index < -0.39 is 19.0 Å². The Hall–Kier alpha value is -2.06. The van der Waals surface area contributed by atoms with Crippen LogP contribution >= 0.6 is 0 Å². The van der Waals surface area contributed by atoms with Crippen molar-refractivity contribution in [3.8, 4) is 5.75 Å². The lowest BCUT2D eigenvalue weighted by atomic mass is 10.3. The van der Waals surface area contributed by atoms with E-state index in [-0.39, 0.29) is 17.3 Å². The predicted molar refractivity (Wildman–Crippen MR) is 53.2 cm³/mol. The van der Waals surface area contributed by atoms with E-state index in [1.54, 1.807) is 0 Å². The third-order valence-electron chi connectivity index (χ3n) is 1.86. The second-order valence-electron chi connectivity index (χ2n) is 3.21. The van der Waals surface area contributed by atoms with Gasteiger partial charge in [0.05, 0.1) is 6.20 Å². The highest BCUT2D eigenvalue weighted by atomic mass is 19.3. The highest BCUT2D eigenvalue weighted by Crippen LogP contribution is 2.24. The van der Waals surface area contributed by atoms with Gasteiger partial charge in [0.1, 0.15) is 11.4 Å². The minimum absolute atomic E-state index is 0.0884. The van der Waals surface area contributed by atoms with E-state index in [2.05, 4.69) is 14.9 Å². The van der Waals surface area contributed by atoms with Gasteiger partial charge in [0, 0.05) is 0 Å². The maximum atomic E-state index is 12.5. The van der Waals surface area contributed by atoms with Crippen LogP contribution in [-0.4, -0.2) is 35.0 Å². The lowest BCUT2D eigenvalue weighted by molar-refractivity contribution is -0.148. The monoisotopic (exact) mass is 267 g/mol. The number of pyridine rings is 1. The Morgan fingerprint density at radius 3 is 2.61 bits per heavy atom. The van der Waals surface area contributed by atoms with E-state index in [9.17, 15) is 17.6 Å². The summed E-state index contributed by atoms with van der Waals surface area (Å²) < 4.78 is 53.2. The van der Waals surface area contributed by atoms with Crippen LogP contribution < -0.4 is 10.5 Å². The van der Waals surface area contributed by atoms with Crippen molar-refractivity contribution in [3.63, 3.8) is 0 Å². The van der Waals surface area contributed by atoms with E-state index in [1.807, 2.05) is 0 Å². The standard InChI is InChI=1S/C9H9F4N3O2/c10-8(11)9(12,13)4-18-5-1-2-6(15-3-5)7(14)16-17/h1-3,8,17H,4H2,(H2,14,16). The zero-order valence-corrected chi connectivity index (χ0v) is 8.86. The van der Waals surface area contributed by atoms with Crippen LogP contribution in [0.25, 0.3) is 0 Å². The Labute approximate surface area is 98.9 Å². The number of nitrogens with zero attached hydrogens (tertiary/aromatic N) is 2. The van der Waals surface area contributed by atoms with Crippen molar-refractivity contribution >= 4 is 5.84 Å². The normalized spacial score (nSPS) is 12.8. The number of rotatable bonds is 5. The predicted octanol–water partition coefficient (Wildman–Crippen LogP) is 1.46. The van der Waals surface area contributed by atoms with Crippen molar-refractivity contribution in [1.29, 1.82) is 0 Å². The molecule has 0 atom stereocenters. The van der Waals surface area contributed by atoms with Crippen molar-refractivity contribution in [2.24, 2.45) is 10.9 Å². The van der Waals surface area contributed by atoms with Gasteiger partial charge in [0.25, 0.3) is 0 Å². The first kappa shape index (κ1) is 14.0. The topological polar surface area (TPSA) is 80.7 Å². The molecule has 0 radical (unpaired) electrons. The average molecular weight is 267 g/mol. The van der Waals surface area contributed by atoms with Crippen LogP contribution in [-0.2, 0) is 0 Å². The Balaban J connectivity index is 2.65. The van der Waals surface area contributed by atoms with E-state index >= 15 is 0 Å². The smallest absolute Gasteiger partial charge is 0.340 e. The Morgan fingerprint density at radius 1 is 1.50 bits per heavy atom. The average Bonchev–Trinajstić information content (AvgIpc) is 2.36. The van der Waals surface area contributed by atoms with Gasteiger partial charge >= 0.3 is 12.3 Å². The number of nitrogens with two attached hydrogens (primary N) is 1. The molecule has 0 bridgehead atoms. The fourth-order valence-corrected chi connectivity index (χ4v) is 0.911. The lowest BCUT2D eigenvalue weighted by Crippen LogP contribution is -2.33. The molecule has 0 unspecified atom stereocenters. The van der Waals surface area contributed by atoms with E-state index in [1.165, 1.54) is 12.1 Å². The fraction of sp³-hybridized carbons (Fsp3) is 0.333. The third kappa shape index (κ3) is 3.47. The van der Waals surface area contributed by atoms with Gasteiger partial charge in [-0.25, -0.2) is 13.8 Å². The SMILES string of the molecule is N/C(=N/O)c1ccc(OCC(F)(F)C(F)F)cn1. The lowest BCUT2D eigenvalue weighted by Gasteiger charge is -2.15. The quantitative estimate of drug-likeness (QED) is 0.278. The highest BCUT2D eigenvalue weighted by molar-refractivity contribution is 5.95. The number of aromatic nitrogens is 1. The molecule has 9 heteroatoms. The summed E-state index contributed by atoms with van der Waals surface area (Å²) in [6, 6.07) is 2.41. The number of halogens is 4. The summed E-state index contributed by atoms with van der Waals surface area (Å²) in [5.74, 6) is -4.64. The molecule has 0 saturated carbocycles. The van der Waals surface area contributed by atoms with E-state index in [0.29, 0.717) is 0 Å². The van der Waals surface area contributed by atoms with Crippen LogP contribution in [0, 0.1) is 0 Å². The van der Waals surface area contributed by atoms with Gasteiger partial charge in [-0.1, -0.05) is 5.16 Å². The first-order valence-electron chi connectivity index (χ1n) is 4.59. The minimum Gasteiger partial charge on any atom is -0.485 e. The molecule has 0 aliphatic rings. The van der Waals surface area contributed by atoms with Crippen LogP contribution in [0.15, 0.2) is 23.5 Å². The molecular weight excluding hydrogens is 258 g/mol. The van der Waals surface area contributed by atoms with E-state index in [4.69, 9.17) is 10.9 Å². The van der Waals surface area contributed by atoms with Gasteiger partial charge in [-0.15, -0.1) is 0 Å². The van der Waals surface area contributed by atoms with Gasteiger partial charge in [0.15, 0.2) is 12.4 Å². The van der Waals surface area contributed by atoms with Gasteiger partial charge in [-0.05, 0) is 12.1 Å². The Bertz CT molecular complexity index is 422. The molecule has 1 rings (SSSR count). The van der Waals surface area contributed by atoms with Crippen molar-refractivity contribution in [2.45, 2.75) is 12.3 Å². The van der Waals surface area contributed by atoms with Crippen molar-refractivity contribution in [2.75, 3.05) is 6.61 Å². The molecule has 5 nitrogen and oxygen atoms in total. The molecule has 1 heterocycles. The summed E-state index contributed by atoms with van der Waals surface area (Å²) in [7, 11) is 0. The molecule has 0 amide bonds. The maximum absolute atomic E-state index is 12.5. The summed E-state index contributed by atoms with van der Waals surface area (Å²) in [6.07, 6.45) is -2.81. The van der Waals surface area contributed by atoms with Crippen molar-refractivity contribution in [1.82, 2.24) is 4.98 Å². The van der Waals surface area contributed by atoms with Crippen LogP contribution in [0.3, 0.4) is 0 Å². The molecule has 0 fully saturated rings. The molecule has 1 aromatic heterocycles. The molecule has 0 aromatic carbocycles. The van der Waals surface area contributed by atoms with Crippen LogP contribution in [0.4, 0.5) is 17.6 Å². The largest absolute Gasteiger partial charge is 0.485 e. The van der Waals surface area contributed by atoms with E-state index in [0.717, 1.165) is 6.20 Å². The summed E-state index contributed by atoms with van der Waals surface area (Å²) in [5.41, 5.74) is 5.29. The Kier molecular flexibility index (Phi) is 4.29. The van der Waals surface area contributed by atoms with Crippen molar-refractivity contribution < 1.29 is 27.5 Å². The Morgan fingerprint density at radius 2 is 2.17 bits per heavy atom. The molecule has 100 valence electrons. The molecule has 0 saturated heterocycles. The number of oxime groups is 1. The van der Waals surface area contributed by atoms with Crippen LogP contribution in [0.1, 0.15) is 5.69 Å². The number of ether oxygens (including phenoxy) is 1. The molecular formula is C9H9F4N3O2. The zero-order chi connectivity index (χ0) is 13.8. The number of hydrogen-bond donors (Lipinski definition) is 2. The van der Waals surface area contributed by atoms with Gasteiger partial charge in [-0.3, -0.25) is 0 Å². The summed E-state index contributed by atoms with van der Waals surface area (Å²) in [5, 5.41) is 11.0. The maximum Gasteiger partial charge on any atom is 0.340 e. The first-order valence-corrected chi connectivity index (χ1v) is 4.59.